The first kappa shape index (κ1) is 12.8. The number of hydrogen-bond donors (Lipinski definition) is 1. The van der Waals surface area contributed by atoms with E-state index < -0.39 is 6.10 Å². The van der Waals surface area contributed by atoms with Crippen LogP contribution in [0.2, 0.25) is 0 Å². The van der Waals surface area contributed by atoms with Gasteiger partial charge < -0.3 is 5.11 Å². The second-order valence-electron chi connectivity index (χ2n) is 5.39. The largest absolute Gasteiger partial charge is 0.388 e. The Labute approximate surface area is 117 Å². The van der Waals surface area contributed by atoms with Crippen molar-refractivity contribution in [2.24, 2.45) is 5.92 Å². The zero-order chi connectivity index (χ0) is 14.1. The average Bonchev–Trinajstić information content (AvgIpc) is 2.47. The summed E-state index contributed by atoms with van der Waals surface area (Å²) < 4.78 is 0. The molecule has 2 atom stereocenters. The van der Waals surface area contributed by atoms with Gasteiger partial charge in [0.25, 0.3) is 0 Å². The fraction of sp³-hybridized carbons (Fsp3) is 0.312. The number of aliphatic hydroxyl groups is 1. The van der Waals surface area contributed by atoms with Crippen LogP contribution in [0.1, 0.15) is 36.3 Å². The van der Waals surface area contributed by atoms with Gasteiger partial charge in [0, 0.05) is 11.1 Å². The molecular formula is C16H15N3O. The highest BCUT2D eigenvalue weighted by Gasteiger charge is 2.25. The van der Waals surface area contributed by atoms with E-state index in [1.165, 1.54) is 0 Å². The lowest BCUT2D eigenvalue weighted by molar-refractivity contribution is 0.134. The SMILES string of the molecule is CC1Cc2nnc(-c3cccc(C#N)c3)cc2C(O)C1. The first-order valence-corrected chi connectivity index (χ1v) is 6.72. The van der Waals surface area contributed by atoms with E-state index in [0.29, 0.717) is 17.2 Å². The van der Waals surface area contributed by atoms with E-state index >= 15 is 0 Å². The number of fused-ring (bicyclic) bond motifs is 1. The Balaban J connectivity index is 2.04. The predicted molar refractivity (Wildman–Crippen MR) is 74.6 cm³/mol. The third-order valence-electron chi connectivity index (χ3n) is 3.72. The van der Waals surface area contributed by atoms with Crippen molar-refractivity contribution in [3.63, 3.8) is 0 Å². The summed E-state index contributed by atoms with van der Waals surface area (Å²) in [5, 5.41) is 27.6. The molecule has 2 aromatic rings. The summed E-state index contributed by atoms with van der Waals surface area (Å²) in [5.41, 5.74) is 3.91. The summed E-state index contributed by atoms with van der Waals surface area (Å²) in [6.07, 6.45) is 1.15. The van der Waals surface area contributed by atoms with Crippen LogP contribution in [0.3, 0.4) is 0 Å². The van der Waals surface area contributed by atoms with Crippen LogP contribution < -0.4 is 0 Å². The van der Waals surface area contributed by atoms with Crippen molar-refractivity contribution in [1.82, 2.24) is 10.2 Å². The molecule has 1 heterocycles. The Morgan fingerprint density at radius 1 is 1.30 bits per heavy atom. The monoisotopic (exact) mass is 265 g/mol. The lowest BCUT2D eigenvalue weighted by atomic mass is 9.86. The Bertz CT molecular complexity index is 690. The van der Waals surface area contributed by atoms with Crippen molar-refractivity contribution in [2.75, 3.05) is 0 Å². The highest BCUT2D eigenvalue weighted by atomic mass is 16.3. The molecule has 0 spiro atoms. The van der Waals surface area contributed by atoms with E-state index in [1.807, 2.05) is 18.2 Å². The fourth-order valence-electron chi connectivity index (χ4n) is 2.69. The Kier molecular flexibility index (Phi) is 3.21. The number of rotatable bonds is 1. The van der Waals surface area contributed by atoms with Crippen LogP contribution in [-0.2, 0) is 6.42 Å². The number of benzene rings is 1. The van der Waals surface area contributed by atoms with E-state index in [2.05, 4.69) is 23.2 Å². The Morgan fingerprint density at radius 2 is 2.15 bits per heavy atom. The minimum atomic E-state index is -0.470. The molecule has 1 aromatic carbocycles. The first-order valence-electron chi connectivity index (χ1n) is 6.72. The molecule has 1 aliphatic carbocycles. The summed E-state index contributed by atoms with van der Waals surface area (Å²) in [5.74, 6) is 0.430. The molecule has 4 heteroatoms. The van der Waals surface area contributed by atoms with Gasteiger partial charge in [0.2, 0.25) is 0 Å². The topological polar surface area (TPSA) is 69.8 Å². The van der Waals surface area contributed by atoms with Crippen LogP contribution in [0.15, 0.2) is 30.3 Å². The number of aromatic nitrogens is 2. The van der Waals surface area contributed by atoms with E-state index in [4.69, 9.17) is 5.26 Å². The first-order chi connectivity index (χ1) is 9.67. The second-order valence-corrected chi connectivity index (χ2v) is 5.39. The lowest BCUT2D eigenvalue weighted by Crippen LogP contribution is -2.18. The maximum Gasteiger partial charge on any atom is 0.0991 e. The van der Waals surface area contributed by atoms with Gasteiger partial charge in [0.05, 0.1) is 29.1 Å². The molecule has 1 aromatic heterocycles. The van der Waals surface area contributed by atoms with Crippen molar-refractivity contribution in [1.29, 1.82) is 5.26 Å². The fourth-order valence-corrected chi connectivity index (χ4v) is 2.69. The molecule has 100 valence electrons. The van der Waals surface area contributed by atoms with Gasteiger partial charge in [-0.1, -0.05) is 19.1 Å². The minimum Gasteiger partial charge on any atom is -0.388 e. The molecule has 0 aliphatic heterocycles. The van der Waals surface area contributed by atoms with E-state index in [9.17, 15) is 5.11 Å². The maximum atomic E-state index is 10.2. The molecule has 20 heavy (non-hydrogen) atoms. The van der Waals surface area contributed by atoms with Gasteiger partial charge in [-0.3, -0.25) is 0 Å². The minimum absolute atomic E-state index is 0.430. The van der Waals surface area contributed by atoms with E-state index in [-0.39, 0.29) is 0 Å². The molecular weight excluding hydrogens is 250 g/mol. The van der Waals surface area contributed by atoms with Crippen molar-refractivity contribution in [3.8, 4) is 17.3 Å². The van der Waals surface area contributed by atoms with Crippen molar-refractivity contribution in [3.05, 3.63) is 47.2 Å². The number of aliphatic hydroxyl groups excluding tert-OH is 1. The number of hydrogen-bond acceptors (Lipinski definition) is 4. The molecule has 2 unspecified atom stereocenters. The molecule has 4 nitrogen and oxygen atoms in total. The van der Waals surface area contributed by atoms with Crippen LogP contribution in [0.25, 0.3) is 11.3 Å². The molecule has 0 bridgehead atoms. The Morgan fingerprint density at radius 3 is 2.95 bits per heavy atom. The third-order valence-corrected chi connectivity index (χ3v) is 3.72. The summed E-state index contributed by atoms with van der Waals surface area (Å²) in [7, 11) is 0. The maximum absolute atomic E-state index is 10.2. The van der Waals surface area contributed by atoms with Crippen LogP contribution >= 0.6 is 0 Å². The lowest BCUT2D eigenvalue weighted by Gasteiger charge is -2.25. The molecule has 1 aliphatic rings. The quantitative estimate of drug-likeness (QED) is 0.860. The smallest absolute Gasteiger partial charge is 0.0991 e. The van der Waals surface area contributed by atoms with Crippen LogP contribution in [0.5, 0.6) is 0 Å². The van der Waals surface area contributed by atoms with Gasteiger partial charge in [-0.25, -0.2) is 0 Å². The van der Waals surface area contributed by atoms with E-state index in [0.717, 1.165) is 29.7 Å². The number of nitrogens with zero attached hydrogens (tertiary/aromatic N) is 3. The third kappa shape index (κ3) is 2.28. The van der Waals surface area contributed by atoms with Crippen LogP contribution in [-0.4, -0.2) is 15.3 Å². The summed E-state index contributed by atoms with van der Waals surface area (Å²) >= 11 is 0. The van der Waals surface area contributed by atoms with Crippen LogP contribution in [0, 0.1) is 17.2 Å². The van der Waals surface area contributed by atoms with Gasteiger partial charge in [-0.15, -0.1) is 0 Å². The van der Waals surface area contributed by atoms with Crippen molar-refractivity contribution >= 4 is 0 Å². The molecule has 3 rings (SSSR count). The molecule has 1 N–H and O–H groups in total. The summed E-state index contributed by atoms with van der Waals surface area (Å²) in [4.78, 5) is 0. The van der Waals surface area contributed by atoms with Crippen molar-refractivity contribution in [2.45, 2.75) is 25.9 Å². The molecule has 0 saturated heterocycles. The van der Waals surface area contributed by atoms with Gasteiger partial charge in [-0.05, 0) is 37.0 Å². The summed E-state index contributed by atoms with van der Waals surface area (Å²) in [6.45, 7) is 2.11. The highest BCUT2D eigenvalue weighted by Crippen LogP contribution is 2.33. The molecule has 0 radical (unpaired) electrons. The van der Waals surface area contributed by atoms with Crippen molar-refractivity contribution < 1.29 is 5.11 Å². The Hall–Kier alpha value is -2.25. The van der Waals surface area contributed by atoms with Crippen LogP contribution in [0.4, 0.5) is 0 Å². The van der Waals surface area contributed by atoms with Gasteiger partial charge in [-0.2, -0.15) is 15.5 Å². The molecule has 0 fully saturated rings. The standard InChI is InChI=1S/C16H15N3O/c1-10-5-15-13(16(20)6-10)8-14(18-19-15)12-4-2-3-11(7-12)9-17/h2-4,7-8,10,16,20H,5-6H2,1H3. The molecule has 0 amide bonds. The van der Waals surface area contributed by atoms with Gasteiger partial charge in [0.1, 0.15) is 0 Å². The predicted octanol–water partition coefficient (Wildman–Crippen LogP) is 2.63. The zero-order valence-corrected chi connectivity index (χ0v) is 11.2. The normalized spacial score (nSPS) is 21.1. The highest BCUT2D eigenvalue weighted by molar-refractivity contribution is 5.62. The zero-order valence-electron chi connectivity index (χ0n) is 11.2. The average molecular weight is 265 g/mol. The summed E-state index contributed by atoms with van der Waals surface area (Å²) in [6, 6.07) is 11.3. The number of nitriles is 1. The second kappa shape index (κ2) is 5.03. The van der Waals surface area contributed by atoms with E-state index in [1.54, 1.807) is 12.1 Å². The van der Waals surface area contributed by atoms with Gasteiger partial charge in [0.15, 0.2) is 0 Å². The molecule has 0 saturated carbocycles. The van der Waals surface area contributed by atoms with Gasteiger partial charge >= 0.3 is 0 Å².